The van der Waals surface area contributed by atoms with Crippen molar-refractivity contribution >= 4 is 5.69 Å². The minimum absolute atomic E-state index is 0.471. The molecule has 16 heavy (non-hydrogen) atoms. The Morgan fingerprint density at radius 1 is 1.19 bits per heavy atom. The summed E-state index contributed by atoms with van der Waals surface area (Å²) in [6.45, 7) is 5.53. The predicted molar refractivity (Wildman–Crippen MR) is 72.1 cm³/mol. The van der Waals surface area contributed by atoms with E-state index in [9.17, 15) is 0 Å². The van der Waals surface area contributed by atoms with Gasteiger partial charge in [-0.25, -0.2) is 0 Å². The van der Waals surface area contributed by atoms with Crippen LogP contribution in [0.15, 0.2) is 24.3 Å². The minimum Gasteiger partial charge on any atom is -0.377 e. The summed E-state index contributed by atoms with van der Waals surface area (Å²) in [7, 11) is 4.21. The van der Waals surface area contributed by atoms with Crippen LogP contribution >= 0.6 is 0 Å². The number of rotatable bonds is 6. The largest absolute Gasteiger partial charge is 0.377 e. The zero-order valence-electron chi connectivity index (χ0n) is 11.0. The lowest BCUT2D eigenvalue weighted by molar-refractivity contribution is 0.518. The van der Waals surface area contributed by atoms with Crippen molar-refractivity contribution in [3.8, 4) is 0 Å². The van der Waals surface area contributed by atoms with Gasteiger partial charge in [0.2, 0.25) is 0 Å². The SMILES string of the molecule is CCCNC(CC)c1ccccc1N(C)C. The molecule has 0 spiro atoms. The van der Waals surface area contributed by atoms with Crippen molar-refractivity contribution < 1.29 is 0 Å². The van der Waals surface area contributed by atoms with Gasteiger partial charge in [0, 0.05) is 25.8 Å². The number of nitrogens with one attached hydrogen (secondary N) is 1. The zero-order chi connectivity index (χ0) is 12.0. The molecule has 2 heteroatoms. The van der Waals surface area contributed by atoms with E-state index >= 15 is 0 Å². The minimum atomic E-state index is 0.471. The Morgan fingerprint density at radius 2 is 1.88 bits per heavy atom. The van der Waals surface area contributed by atoms with Crippen LogP contribution in [0.1, 0.15) is 38.3 Å². The molecular formula is C14H24N2. The molecule has 0 aliphatic carbocycles. The molecule has 0 aromatic heterocycles. The monoisotopic (exact) mass is 220 g/mol. The van der Waals surface area contributed by atoms with Gasteiger partial charge in [-0.05, 0) is 31.0 Å². The van der Waals surface area contributed by atoms with Crippen LogP contribution in [0.2, 0.25) is 0 Å². The van der Waals surface area contributed by atoms with Crippen LogP contribution in [-0.2, 0) is 0 Å². The van der Waals surface area contributed by atoms with Gasteiger partial charge in [0.1, 0.15) is 0 Å². The molecule has 0 bridgehead atoms. The van der Waals surface area contributed by atoms with Crippen LogP contribution in [0.4, 0.5) is 5.69 Å². The normalized spacial score (nSPS) is 12.5. The van der Waals surface area contributed by atoms with E-state index in [0.717, 1.165) is 13.0 Å². The van der Waals surface area contributed by atoms with Crippen molar-refractivity contribution in [1.82, 2.24) is 5.32 Å². The summed E-state index contributed by atoms with van der Waals surface area (Å²) in [6, 6.07) is 9.11. The van der Waals surface area contributed by atoms with Crippen LogP contribution in [-0.4, -0.2) is 20.6 Å². The number of nitrogens with zero attached hydrogens (tertiary/aromatic N) is 1. The highest BCUT2D eigenvalue weighted by atomic mass is 15.1. The Labute approximate surface area is 99.7 Å². The summed E-state index contributed by atoms with van der Waals surface area (Å²) < 4.78 is 0. The zero-order valence-corrected chi connectivity index (χ0v) is 11.0. The molecule has 0 saturated heterocycles. The van der Waals surface area contributed by atoms with Crippen molar-refractivity contribution in [2.45, 2.75) is 32.7 Å². The number of benzene rings is 1. The van der Waals surface area contributed by atoms with Crippen LogP contribution in [0.5, 0.6) is 0 Å². The maximum Gasteiger partial charge on any atom is 0.0409 e. The summed E-state index contributed by atoms with van der Waals surface area (Å²) in [5.41, 5.74) is 2.72. The summed E-state index contributed by atoms with van der Waals surface area (Å²) in [4.78, 5) is 2.19. The summed E-state index contributed by atoms with van der Waals surface area (Å²) >= 11 is 0. The van der Waals surface area contributed by atoms with Crippen LogP contribution in [0.25, 0.3) is 0 Å². The molecule has 0 aliphatic heterocycles. The van der Waals surface area contributed by atoms with Gasteiger partial charge in [-0.15, -0.1) is 0 Å². The fraction of sp³-hybridized carbons (Fsp3) is 0.571. The van der Waals surface area contributed by atoms with Gasteiger partial charge in [0.05, 0.1) is 0 Å². The van der Waals surface area contributed by atoms with Crippen molar-refractivity contribution in [3.63, 3.8) is 0 Å². The number of para-hydroxylation sites is 1. The average molecular weight is 220 g/mol. The number of hydrogen-bond donors (Lipinski definition) is 1. The first kappa shape index (κ1) is 13.0. The Hall–Kier alpha value is -1.02. The standard InChI is InChI=1S/C14H24N2/c1-5-11-15-13(6-2)12-9-7-8-10-14(12)16(3)4/h7-10,13,15H,5-6,11H2,1-4H3. The lowest BCUT2D eigenvalue weighted by atomic mass is 10.0. The van der Waals surface area contributed by atoms with Gasteiger partial charge in [0.15, 0.2) is 0 Å². The second-order valence-corrected chi connectivity index (χ2v) is 4.37. The first-order chi connectivity index (χ1) is 7.70. The Kier molecular flexibility index (Phi) is 5.33. The van der Waals surface area contributed by atoms with Crippen LogP contribution < -0.4 is 10.2 Å². The molecule has 0 radical (unpaired) electrons. The van der Waals surface area contributed by atoms with Crippen molar-refractivity contribution in [1.29, 1.82) is 0 Å². The number of hydrogen-bond acceptors (Lipinski definition) is 2. The first-order valence-electron chi connectivity index (χ1n) is 6.20. The van der Waals surface area contributed by atoms with Crippen molar-refractivity contribution in [2.24, 2.45) is 0 Å². The number of anilines is 1. The van der Waals surface area contributed by atoms with E-state index in [1.165, 1.54) is 17.7 Å². The molecule has 0 aliphatic rings. The highest BCUT2D eigenvalue weighted by molar-refractivity contribution is 5.53. The van der Waals surface area contributed by atoms with E-state index in [2.05, 4.69) is 62.4 Å². The molecule has 1 aromatic carbocycles. The Bertz CT molecular complexity index is 307. The van der Waals surface area contributed by atoms with Gasteiger partial charge in [-0.2, -0.15) is 0 Å². The van der Waals surface area contributed by atoms with E-state index in [1.807, 2.05) is 0 Å². The molecule has 90 valence electrons. The van der Waals surface area contributed by atoms with Gasteiger partial charge < -0.3 is 10.2 Å². The molecule has 1 aromatic rings. The van der Waals surface area contributed by atoms with E-state index in [0.29, 0.717) is 6.04 Å². The van der Waals surface area contributed by atoms with Crippen LogP contribution in [0.3, 0.4) is 0 Å². The summed E-state index contributed by atoms with van der Waals surface area (Å²) in [5, 5.41) is 3.60. The molecule has 1 unspecified atom stereocenters. The lowest BCUT2D eigenvalue weighted by Gasteiger charge is -2.24. The maximum atomic E-state index is 3.60. The highest BCUT2D eigenvalue weighted by Gasteiger charge is 2.12. The predicted octanol–water partition coefficient (Wildman–Crippen LogP) is 3.20. The second-order valence-electron chi connectivity index (χ2n) is 4.37. The third kappa shape index (κ3) is 3.24. The average Bonchev–Trinajstić information content (AvgIpc) is 2.30. The quantitative estimate of drug-likeness (QED) is 0.792. The van der Waals surface area contributed by atoms with Crippen LogP contribution in [0, 0.1) is 0 Å². The Morgan fingerprint density at radius 3 is 2.44 bits per heavy atom. The Balaban J connectivity index is 2.90. The summed E-state index contributed by atoms with van der Waals surface area (Å²) in [5.74, 6) is 0. The van der Waals surface area contributed by atoms with Crippen molar-refractivity contribution in [3.05, 3.63) is 29.8 Å². The second kappa shape index (κ2) is 6.54. The van der Waals surface area contributed by atoms with E-state index in [-0.39, 0.29) is 0 Å². The third-order valence-corrected chi connectivity index (χ3v) is 2.84. The molecular weight excluding hydrogens is 196 g/mol. The highest BCUT2D eigenvalue weighted by Crippen LogP contribution is 2.26. The fourth-order valence-corrected chi connectivity index (χ4v) is 1.98. The van der Waals surface area contributed by atoms with Gasteiger partial charge in [-0.1, -0.05) is 32.0 Å². The summed E-state index contributed by atoms with van der Waals surface area (Å²) in [6.07, 6.45) is 2.31. The fourth-order valence-electron chi connectivity index (χ4n) is 1.98. The molecule has 1 N–H and O–H groups in total. The van der Waals surface area contributed by atoms with Gasteiger partial charge in [-0.3, -0.25) is 0 Å². The molecule has 0 amide bonds. The molecule has 0 heterocycles. The topological polar surface area (TPSA) is 15.3 Å². The molecule has 1 atom stereocenters. The van der Waals surface area contributed by atoms with E-state index in [4.69, 9.17) is 0 Å². The van der Waals surface area contributed by atoms with E-state index < -0.39 is 0 Å². The lowest BCUT2D eigenvalue weighted by Crippen LogP contribution is -2.23. The molecule has 1 rings (SSSR count). The molecule has 2 nitrogen and oxygen atoms in total. The molecule has 0 saturated carbocycles. The molecule has 0 fully saturated rings. The van der Waals surface area contributed by atoms with Gasteiger partial charge in [0.25, 0.3) is 0 Å². The van der Waals surface area contributed by atoms with E-state index in [1.54, 1.807) is 0 Å². The van der Waals surface area contributed by atoms with Crippen molar-refractivity contribution in [2.75, 3.05) is 25.5 Å². The maximum absolute atomic E-state index is 3.60. The van der Waals surface area contributed by atoms with Gasteiger partial charge >= 0.3 is 0 Å². The first-order valence-corrected chi connectivity index (χ1v) is 6.20. The smallest absolute Gasteiger partial charge is 0.0409 e. The third-order valence-electron chi connectivity index (χ3n) is 2.84.